The topological polar surface area (TPSA) is 81.1 Å². The number of amides is 2. The van der Waals surface area contributed by atoms with E-state index in [4.69, 9.17) is 4.74 Å². The molecule has 2 heterocycles. The minimum Gasteiger partial charge on any atom is -0.481 e. The quantitative estimate of drug-likeness (QED) is 0.885. The van der Waals surface area contributed by atoms with Crippen LogP contribution in [0.25, 0.3) is 0 Å². The van der Waals surface area contributed by atoms with Crippen LogP contribution in [0.1, 0.15) is 11.3 Å². The van der Waals surface area contributed by atoms with Gasteiger partial charge < -0.3 is 10.1 Å². The van der Waals surface area contributed by atoms with Gasteiger partial charge in [-0.15, -0.1) is 0 Å². The Kier molecular flexibility index (Phi) is 4.19. The summed E-state index contributed by atoms with van der Waals surface area (Å²) < 4.78 is 6.73. The van der Waals surface area contributed by atoms with E-state index in [2.05, 4.69) is 20.7 Å². The Labute approximate surface area is 117 Å². The number of nitrogens with zero attached hydrogens (tertiary/aromatic N) is 3. The first-order valence-corrected chi connectivity index (χ1v) is 6.13. The molecule has 0 fully saturated rings. The molecular weight excluding hydrogens is 258 g/mol. The SMILES string of the molecule is COc1ncccc1CNC(=O)Nc1cc(C)nn1C. The van der Waals surface area contributed by atoms with Gasteiger partial charge >= 0.3 is 6.03 Å². The highest BCUT2D eigenvalue weighted by atomic mass is 16.5. The molecule has 0 spiro atoms. The van der Waals surface area contributed by atoms with E-state index in [9.17, 15) is 4.79 Å². The fourth-order valence-corrected chi connectivity index (χ4v) is 1.81. The van der Waals surface area contributed by atoms with Gasteiger partial charge in [0, 0.05) is 31.4 Å². The van der Waals surface area contributed by atoms with Crippen molar-refractivity contribution in [3.05, 3.63) is 35.7 Å². The summed E-state index contributed by atoms with van der Waals surface area (Å²) in [5.74, 6) is 1.14. The molecule has 0 saturated carbocycles. The number of hydrogen-bond acceptors (Lipinski definition) is 4. The zero-order valence-electron chi connectivity index (χ0n) is 11.7. The molecule has 7 heteroatoms. The van der Waals surface area contributed by atoms with Crippen molar-refractivity contribution >= 4 is 11.8 Å². The average Bonchev–Trinajstić information content (AvgIpc) is 2.75. The number of carbonyl (C=O) groups is 1. The van der Waals surface area contributed by atoms with Crippen molar-refractivity contribution in [1.29, 1.82) is 0 Å². The van der Waals surface area contributed by atoms with E-state index in [0.717, 1.165) is 11.3 Å². The molecule has 2 amide bonds. The van der Waals surface area contributed by atoms with Crippen molar-refractivity contribution in [2.45, 2.75) is 13.5 Å². The first-order valence-electron chi connectivity index (χ1n) is 6.13. The molecule has 7 nitrogen and oxygen atoms in total. The predicted octanol–water partition coefficient (Wildman–Crippen LogP) is 1.45. The first-order chi connectivity index (χ1) is 9.60. The van der Waals surface area contributed by atoms with Crippen LogP contribution in [-0.2, 0) is 13.6 Å². The highest BCUT2D eigenvalue weighted by Gasteiger charge is 2.08. The third-order valence-electron chi connectivity index (χ3n) is 2.73. The Morgan fingerprint density at radius 2 is 2.30 bits per heavy atom. The minimum atomic E-state index is -0.307. The van der Waals surface area contributed by atoms with Gasteiger partial charge in [0.15, 0.2) is 0 Å². The second kappa shape index (κ2) is 6.05. The van der Waals surface area contributed by atoms with Crippen LogP contribution in [0.5, 0.6) is 5.88 Å². The van der Waals surface area contributed by atoms with Crippen molar-refractivity contribution in [3.8, 4) is 5.88 Å². The van der Waals surface area contributed by atoms with Crippen LogP contribution >= 0.6 is 0 Å². The third kappa shape index (κ3) is 3.25. The lowest BCUT2D eigenvalue weighted by atomic mass is 10.3. The van der Waals surface area contributed by atoms with E-state index >= 15 is 0 Å². The molecule has 106 valence electrons. The van der Waals surface area contributed by atoms with Gasteiger partial charge in [0.25, 0.3) is 0 Å². The lowest BCUT2D eigenvalue weighted by Gasteiger charge is -2.09. The predicted molar refractivity (Wildman–Crippen MR) is 74.6 cm³/mol. The third-order valence-corrected chi connectivity index (χ3v) is 2.73. The smallest absolute Gasteiger partial charge is 0.320 e. The number of ether oxygens (including phenoxy) is 1. The molecule has 2 aromatic rings. The number of methoxy groups -OCH3 is 1. The van der Waals surface area contributed by atoms with Gasteiger partial charge in [-0.3, -0.25) is 10.00 Å². The number of pyridine rings is 1. The van der Waals surface area contributed by atoms with Crippen LogP contribution in [0, 0.1) is 6.92 Å². The van der Waals surface area contributed by atoms with Crippen molar-refractivity contribution in [2.75, 3.05) is 12.4 Å². The zero-order valence-corrected chi connectivity index (χ0v) is 11.7. The fraction of sp³-hybridized carbons (Fsp3) is 0.308. The van der Waals surface area contributed by atoms with Crippen LogP contribution < -0.4 is 15.4 Å². The Bertz CT molecular complexity index is 609. The summed E-state index contributed by atoms with van der Waals surface area (Å²) in [7, 11) is 3.32. The summed E-state index contributed by atoms with van der Waals surface area (Å²) in [6, 6.07) is 5.13. The van der Waals surface area contributed by atoms with Gasteiger partial charge in [-0.2, -0.15) is 5.10 Å². The number of nitrogens with one attached hydrogen (secondary N) is 2. The Hall–Kier alpha value is -2.57. The van der Waals surface area contributed by atoms with Crippen molar-refractivity contribution < 1.29 is 9.53 Å². The maximum atomic E-state index is 11.8. The van der Waals surface area contributed by atoms with E-state index in [0.29, 0.717) is 18.2 Å². The van der Waals surface area contributed by atoms with Crippen LogP contribution in [0.3, 0.4) is 0 Å². The van der Waals surface area contributed by atoms with Gasteiger partial charge in [-0.1, -0.05) is 6.07 Å². The summed E-state index contributed by atoms with van der Waals surface area (Å²) in [4.78, 5) is 15.9. The second-order valence-corrected chi connectivity index (χ2v) is 4.27. The van der Waals surface area contributed by atoms with Crippen LogP contribution in [-0.4, -0.2) is 27.9 Å². The summed E-state index contributed by atoms with van der Waals surface area (Å²) in [6.07, 6.45) is 1.64. The summed E-state index contributed by atoms with van der Waals surface area (Å²) in [6.45, 7) is 2.20. The Morgan fingerprint density at radius 3 is 2.95 bits per heavy atom. The molecule has 0 saturated heterocycles. The first kappa shape index (κ1) is 13.9. The van der Waals surface area contributed by atoms with Crippen LogP contribution in [0.2, 0.25) is 0 Å². The maximum absolute atomic E-state index is 11.8. The van der Waals surface area contributed by atoms with Gasteiger partial charge in [-0.05, 0) is 13.0 Å². The van der Waals surface area contributed by atoms with Crippen molar-refractivity contribution in [2.24, 2.45) is 7.05 Å². The molecule has 0 unspecified atom stereocenters. The Balaban J connectivity index is 1.94. The summed E-state index contributed by atoms with van der Waals surface area (Å²) in [5.41, 5.74) is 1.66. The zero-order chi connectivity index (χ0) is 14.5. The Morgan fingerprint density at radius 1 is 1.50 bits per heavy atom. The molecule has 0 aromatic carbocycles. The average molecular weight is 275 g/mol. The highest BCUT2D eigenvalue weighted by molar-refractivity contribution is 5.88. The molecule has 2 N–H and O–H groups in total. The molecule has 0 aliphatic rings. The number of urea groups is 1. The van der Waals surface area contributed by atoms with E-state index in [1.165, 1.54) is 0 Å². The summed E-state index contributed by atoms with van der Waals surface area (Å²) in [5, 5.41) is 9.63. The van der Waals surface area contributed by atoms with Crippen LogP contribution in [0.15, 0.2) is 24.4 Å². The maximum Gasteiger partial charge on any atom is 0.320 e. The van der Waals surface area contributed by atoms with E-state index < -0.39 is 0 Å². The van der Waals surface area contributed by atoms with E-state index in [1.807, 2.05) is 13.0 Å². The van der Waals surface area contributed by atoms with Gasteiger partial charge in [0.1, 0.15) is 5.82 Å². The van der Waals surface area contributed by atoms with E-state index in [1.54, 1.807) is 37.2 Å². The molecular formula is C13H17N5O2. The van der Waals surface area contributed by atoms with Gasteiger partial charge in [0.2, 0.25) is 5.88 Å². The molecule has 0 aliphatic carbocycles. The van der Waals surface area contributed by atoms with Gasteiger partial charge in [-0.25, -0.2) is 9.78 Å². The summed E-state index contributed by atoms with van der Waals surface area (Å²) >= 11 is 0. The largest absolute Gasteiger partial charge is 0.481 e. The van der Waals surface area contributed by atoms with Gasteiger partial charge in [0.05, 0.1) is 12.8 Å². The normalized spacial score (nSPS) is 10.2. The standard InChI is InChI=1S/C13H17N5O2/c1-9-7-11(18(2)17-9)16-13(19)15-8-10-5-4-6-14-12(10)20-3/h4-7H,8H2,1-3H3,(H2,15,16,19). The molecule has 0 atom stereocenters. The lowest BCUT2D eigenvalue weighted by molar-refractivity contribution is 0.251. The lowest BCUT2D eigenvalue weighted by Crippen LogP contribution is -2.29. The number of anilines is 1. The molecule has 0 aliphatic heterocycles. The highest BCUT2D eigenvalue weighted by Crippen LogP contribution is 2.13. The monoisotopic (exact) mass is 275 g/mol. The molecule has 2 rings (SSSR count). The number of aryl methyl sites for hydroxylation is 2. The minimum absolute atomic E-state index is 0.307. The molecule has 2 aromatic heterocycles. The number of carbonyl (C=O) groups excluding carboxylic acids is 1. The number of rotatable bonds is 4. The molecule has 0 bridgehead atoms. The molecule has 0 radical (unpaired) electrons. The molecule has 20 heavy (non-hydrogen) atoms. The number of hydrogen-bond donors (Lipinski definition) is 2. The van der Waals surface area contributed by atoms with E-state index in [-0.39, 0.29) is 6.03 Å². The van der Waals surface area contributed by atoms with Crippen molar-refractivity contribution in [1.82, 2.24) is 20.1 Å². The second-order valence-electron chi connectivity index (χ2n) is 4.27. The fourth-order valence-electron chi connectivity index (χ4n) is 1.81. The number of aromatic nitrogens is 3. The van der Waals surface area contributed by atoms with Crippen LogP contribution in [0.4, 0.5) is 10.6 Å². The van der Waals surface area contributed by atoms with Crippen molar-refractivity contribution in [3.63, 3.8) is 0 Å².